The Bertz CT molecular complexity index is 547. The van der Waals surface area contributed by atoms with Gasteiger partial charge in [0.1, 0.15) is 0 Å². The van der Waals surface area contributed by atoms with Crippen molar-refractivity contribution in [2.24, 2.45) is 5.73 Å². The summed E-state index contributed by atoms with van der Waals surface area (Å²) in [6.45, 7) is 0.667. The number of aryl methyl sites for hydroxylation is 1. The molecule has 2 unspecified atom stereocenters. The highest BCUT2D eigenvalue weighted by molar-refractivity contribution is 14.1. The molecule has 2 rings (SSSR count). The minimum atomic E-state index is -0.548. The van der Waals surface area contributed by atoms with Gasteiger partial charge in [-0.2, -0.15) is 0 Å². The van der Waals surface area contributed by atoms with E-state index in [-0.39, 0.29) is 0 Å². The molecule has 0 spiro atoms. The fourth-order valence-corrected chi connectivity index (χ4v) is 2.77. The van der Waals surface area contributed by atoms with Crippen molar-refractivity contribution in [3.8, 4) is 0 Å². The van der Waals surface area contributed by atoms with Gasteiger partial charge in [-0.1, -0.05) is 42.5 Å². The van der Waals surface area contributed by atoms with Crippen LogP contribution >= 0.6 is 22.6 Å². The zero-order valence-corrected chi connectivity index (χ0v) is 14.0. The van der Waals surface area contributed by atoms with Crippen LogP contribution < -0.4 is 11.1 Å². The number of hydrogen-bond acceptors (Lipinski definition) is 3. The van der Waals surface area contributed by atoms with Crippen LogP contribution in [0.1, 0.15) is 17.5 Å². The Hall–Kier alpha value is -0.950. The first-order valence-corrected chi connectivity index (χ1v) is 8.18. The van der Waals surface area contributed by atoms with E-state index in [9.17, 15) is 5.11 Å². The van der Waals surface area contributed by atoms with Crippen molar-refractivity contribution < 1.29 is 5.11 Å². The second-order valence-corrected chi connectivity index (χ2v) is 6.37. The van der Waals surface area contributed by atoms with Gasteiger partial charge in [0.25, 0.3) is 0 Å². The third kappa shape index (κ3) is 5.74. The van der Waals surface area contributed by atoms with Crippen LogP contribution in [0, 0.1) is 3.57 Å². The number of benzene rings is 2. The lowest BCUT2D eigenvalue weighted by Crippen LogP contribution is -2.46. The molecule has 0 fully saturated rings. The molecule has 21 heavy (non-hydrogen) atoms. The minimum absolute atomic E-state index is 0.411. The summed E-state index contributed by atoms with van der Waals surface area (Å²) >= 11 is 2.29. The van der Waals surface area contributed by atoms with E-state index in [1.807, 2.05) is 24.3 Å². The largest absolute Gasteiger partial charge is 0.390 e. The van der Waals surface area contributed by atoms with E-state index >= 15 is 0 Å². The van der Waals surface area contributed by atoms with Crippen molar-refractivity contribution in [2.45, 2.75) is 31.7 Å². The van der Waals surface area contributed by atoms with E-state index in [4.69, 9.17) is 5.73 Å². The average molecular weight is 396 g/mol. The number of nitrogens with one attached hydrogen (secondary N) is 1. The monoisotopic (exact) mass is 396 g/mol. The molecule has 0 heterocycles. The van der Waals surface area contributed by atoms with Crippen LogP contribution in [-0.2, 0) is 13.0 Å². The summed E-state index contributed by atoms with van der Waals surface area (Å²) in [7, 11) is 0. The molecule has 0 aliphatic heterocycles. The molecular formula is C17H21IN2O. The van der Waals surface area contributed by atoms with E-state index in [2.05, 4.69) is 58.2 Å². The molecule has 0 bridgehead atoms. The molecule has 4 N–H and O–H groups in total. The third-order valence-corrected chi connectivity index (χ3v) is 4.09. The summed E-state index contributed by atoms with van der Waals surface area (Å²) in [6.07, 6.45) is 0.532. The Balaban J connectivity index is 1.76. The highest BCUT2D eigenvalue weighted by atomic mass is 127. The minimum Gasteiger partial charge on any atom is -0.390 e. The van der Waals surface area contributed by atoms with Crippen LogP contribution in [0.5, 0.6) is 0 Å². The maximum Gasteiger partial charge on any atom is 0.0825 e. The number of hydrogen-bond donors (Lipinski definition) is 3. The predicted molar refractivity (Wildman–Crippen MR) is 94.7 cm³/mol. The summed E-state index contributed by atoms with van der Waals surface area (Å²) in [5, 5.41) is 13.3. The van der Waals surface area contributed by atoms with Crippen molar-refractivity contribution >= 4 is 22.6 Å². The predicted octanol–water partition coefficient (Wildman–Crippen LogP) is 2.66. The SMILES string of the molecule is NC(NCc1cccc(I)c1)C(O)CCc1ccccc1. The van der Waals surface area contributed by atoms with Gasteiger partial charge in [-0.05, 0) is 58.7 Å². The summed E-state index contributed by atoms with van der Waals surface area (Å²) < 4.78 is 1.20. The zero-order valence-electron chi connectivity index (χ0n) is 11.9. The molecule has 2 atom stereocenters. The van der Waals surface area contributed by atoms with Crippen LogP contribution in [0.25, 0.3) is 0 Å². The summed E-state index contributed by atoms with van der Waals surface area (Å²) in [5.41, 5.74) is 8.40. The van der Waals surface area contributed by atoms with Crippen molar-refractivity contribution in [1.29, 1.82) is 0 Å². The van der Waals surface area contributed by atoms with Crippen molar-refractivity contribution in [3.63, 3.8) is 0 Å². The second kappa shape index (κ2) is 8.48. The fourth-order valence-electron chi connectivity index (χ4n) is 2.16. The molecular weight excluding hydrogens is 375 g/mol. The molecule has 0 aliphatic rings. The van der Waals surface area contributed by atoms with Crippen molar-refractivity contribution in [2.75, 3.05) is 0 Å². The molecule has 0 radical (unpaired) electrons. The molecule has 2 aromatic carbocycles. The number of aliphatic hydroxyl groups is 1. The topological polar surface area (TPSA) is 58.3 Å². The Labute approximate surface area is 139 Å². The van der Waals surface area contributed by atoms with Gasteiger partial charge in [0.05, 0.1) is 12.3 Å². The van der Waals surface area contributed by atoms with E-state index in [0.29, 0.717) is 13.0 Å². The van der Waals surface area contributed by atoms with Crippen LogP contribution in [0.2, 0.25) is 0 Å². The van der Waals surface area contributed by atoms with Crippen LogP contribution in [-0.4, -0.2) is 17.4 Å². The zero-order chi connectivity index (χ0) is 15.1. The van der Waals surface area contributed by atoms with E-state index < -0.39 is 12.3 Å². The molecule has 4 heteroatoms. The molecule has 0 saturated heterocycles. The summed E-state index contributed by atoms with van der Waals surface area (Å²) in [4.78, 5) is 0. The van der Waals surface area contributed by atoms with Gasteiger partial charge in [0.2, 0.25) is 0 Å². The van der Waals surface area contributed by atoms with Gasteiger partial charge in [-0.15, -0.1) is 0 Å². The lowest BCUT2D eigenvalue weighted by Gasteiger charge is -2.20. The first kappa shape index (κ1) is 16.4. The summed E-state index contributed by atoms with van der Waals surface area (Å²) in [5.74, 6) is 0. The first-order valence-electron chi connectivity index (χ1n) is 7.10. The molecule has 3 nitrogen and oxygen atoms in total. The standard InChI is InChI=1S/C17H21IN2O/c18-15-8-4-7-14(11-15)12-20-17(19)16(21)10-9-13-5-2-1-3-6-13/h1-8,11,16-17,20-21H,9-10,12,19H2. The van der Waals surface area contributed by atoms with Gasteiger partial charge >= 0.3 is 0 Å². The van der Waals surface area contributed by atoms with Gasteiger partial charge < -0.3 is 10.8 Å². The number of halogens is 1. The Morgan fingerprint density at radius 2 is 1.76 bits per heavy atom. The Morgan fingerprint density at radius 3 is 2.48 bits per heavy atom. The molecule has 112 valence electrons. The van der Waals surface area contributed by atoms with Crippen LogP contribution in [0.15, 0.2) is 54.6 Å². The molecule has 0 aromatic heterocycles. The number of rotatable bonds is 7. The molecule has 0 amide bonds. The Morgan fingerprint density at radius 1 is 1.05 bits per heavy atom. The van der Waals surface area contributed by atoms with Crippen molar-refractivity contribution in [3.05, 3.63) is 69.3 Å². The van der Waals surface area contributed by atoms with E-state index in [1.165, 1.54) is 14.7 Å². The maximum atomic E-state index is 10.1. The number of aliphatic hydroxyl groups excluding tert-OH is 1. The third-order valence-electron chi connectivity index (χ3n) is 3.42. The van der Waals surface area contributed by atoms with Gasteiger partial charge in [0, 0.05) is 10.1 Å². The number of nitrogens with two attached hydrogens (primary N) is 1. The maximum absolute atomic E-state index is 10.1. The van der Waals surface area contributed by atoms with E-state index in [0.717, 1.165) is 6.42 Å². The average Bonchev–Trinajstić information content (AvgIpc) is 2.51. The second-order valence-electron chi connectivity index (χ2n) is 5.13. The molecule has 0 aliphatic carbocycles. The normalized spacial score (nSPS) is 13.9. The molecule has 0 saturated carbocycles. The molecule has 2 aromatic rings. The van der Waals surface area contributed by atoms with Crippen LogP contribution in [0.4, 0.5) is 0 Å². The quantitative estimate of drug-likeness (QED) is 0.498. The lowest BCUT2D eigenvalue weighted by molar-refractivity contribution is 0.120. The van der Waals surface area contributed by atoms with E-state index in [1.54, 1.807) is 0 Å². The van der Waals surface area contributed by atoms with Gasteiger partial charge in [0.15, 0.2) is 0 Å². The van der Waals surface area contributed by atoms with Crippen molar-refractivity contribution in [1.82, 2.24) is 5.32 Å². The fraction of sp³-hybridized carbons (Fsp3) is 0.294. The highest BCUT2D eigenvalue weighted by Gasteiger charge is 2.14. The smallest absolute Gasteiger partial charge is 0.0825 e. The van der Waals surface area contributed by atoms with Gasteiger partial charge in [-0.25, -0.2) is 0 Å². The summed E-state index contributed by atoms with van der Waals surface area (Å²) in [6, 6.07) is 18.4. The Kier molecular flexibility index (Phi) is 6.63. The lowest BCUT2D eigenvalue weighted by atomic mass is 10.1. The highest BCUT2D eigenvalue weighted by Crippen LogP contribution is 2.09. The first-order chi connectivity index (χ1) is 10.1. The van der Waals surface area contributed by atoms with Gasteiger partial charge in [-0.3, -0.25) is 5.32 Å². The van der Waals surface area contributed by atoms with Crippen LogP contribution in [0.3, 0.4) is 0 Å².